The summed E-state index contributed by atoms with van der Waals surface area (Å²) in [6, 6.07) is 11.8. The first-order chi connectivity index (χ1) is 15.8. The summed E-state index contributed by atoms with van der Waals surface area (Å²) < 4.78 is 32.9. The Labute approximate surface area is 192 Å². The van der Waals surface area contributed by atoms with E-state index in [0.717, 1.165) is 25.7 Å². The van der Waals surface area contributed by atoms with Gasteiger partial charge in [0.1, 0.15) is 0 Å². The number of hydrogen-bond donors (Lipinski definition) is 5. The van der Waals surface area contributed by atoms with Crippen LogP contribution in [0.1, 0.15) is 32.1 Å². The largest absolute Gasteiger partial charge is 0.478 e. The van der Waals surface area contributed by atoms with Crippen molar-refractivity contribution in [2.24, 2.45) is 0 Å². The summed E-state index contributed by atoms with van der Waals surface area (Å²) >= 11 is 0. The van der Waals surface area contributed by atoms with E-state index < -0.39 is 22.2 Å². The molecule has 0 bridgehead atoms. The molecule has 0 radical (unpaired) electrons. The average Bonchev–Trinajstić information content (AvgIpc) is 2.79. The summed E-state index contributed by atoms with van der Waals surface area (Å²) in [7, 11) is -2.65. The number of carboxylic acid groups (broad SMARTS) is 1. The number of sulfonamides is 1. The van der Waals surface area contributed by atoms with E-state index in [-0.39, 0.29) is 17.0 Å². The molecule has 2 aromatic carbocycles. The summed E-state index contributed by atoms with van der Waals surface area (Å²) in [6.45, 7) is 0. The number of urea groups is 1. The van der Waals surface area contributed by atoms with Crippen molar-refractivity contribution in [3.05, 3.63) is 48.5 Å². The lowest BCUT2D eigenvalue weighted by molar-refractivity contribution is -0.146. The van der Waals surface area contributed by atoms with E-state index >= 15 is 0 Å². The number of aliphatic carboxylic acids is 1. The predicted octanol–water partition coefficient (Wildman–Crippen LogP) is 3.41. The first kappa shape index (κ1) is 24.3. The van der Waals surface area contributed by atoms with Gasteiger partial charge in [-0.25, -0.2) is 18.0 Å². The van der Waals surface area contributed by atoms with E-state index in [0.29, 0.717) is 17.1 Å². The molecule has 5 N–H and O–H groups in total. The molecule has 2 aromatic rings. The van der Waals surface area contributed by atoms with Gasteiger partial charge in [-0.15, -0.1) is 0 Å². The number of methoxy groups -OCH3 is 1. The molecule has 1 aliphatic rings. The van der Waals surface area contributed by atoms with Crippen LogP contribution in [0.3, 0.4) is 0 Å². The first-order valence-corrected chi connectivity index (χ1v) is 12.1. The number of carboxylic acids is 1. The molecular formula is C22H28N4O6S. The van der Waals surface area contributed by atoms with Crippen LogP contribution in [-0.4, -0.2) is 44.9 Å². The summed E-state index contributed by atoms with van der Waals surface area (Å²) in [5, 5.41) is 17.3. The molecule has 1 atom stereocenters. The molecule has 1 fully saturated rings. The monoisotopic (exact) mass is 476 g/mol. The van der Waals surface area contributed by atoms with Gasteiger partial charge in [-0.2, -0.15) is 0 Å². The highest BCUT2D eigenvalue weighted by Crippen LogP contribution is 2.22. The molecule has 0 heterocycles. The van der Waals surface area contributed by atoms with Crippen molar-refractivity contribution in [1.82, 2.24) is 5.32 Å². The Kier molecular flexibility index (Phi) is 8.12. The van der Waals surface area contributed by atoms with Crippen molar-refractivity contribution in [3.8, 4) is 0 Å². The number of amides is 2. The molecule has 1 aliphatic carbocycles. The van der Waals surface area contributed by atoms with Crippen LogP contribution >= 0.6 is 0 Å². The first-order valence-electron chi connectivity index (χ1n) is 10.6. The molecule has 33 heavy (non-hydrogen) atoms. The molecular weight excluding hydrogens is 448 g/mol. The lowest BCUT2D eigenvalue weighted by atomic mass is 9.96. The summed E-state index contributed by atoms with van der Waals surface area (Å²) in [6.07, 6.45) is 4.03. The highest BCUT2D eigenvalue weighted by atomic mass is 32.2. The van der Waals surface area contributed by atoms with Crippen LogP contribution in [0, 0.1) is 0 Å². The van der Waals surface area contributed by atoms with E-state index in [4.69, 9.17) is 9.84 Å². The minimum Gasteiger partial charge on any atom is -0.478 e. The zero-order valence-corrected chi connectivity index (χ0v) is 19.0. The summed E-state index contributed by atoms with van der Waals surface area (Å²) in [5.41, 5.74) is 1.10. The van der Waals surface area contributed by atoms with Crippen LogP contribution in [0.4, 0.5) is 21.9 Å². The van der Waals surface area contributed by atoms with E-state index in [1.807, 2.05) is 0 Å². The Hall–Kier alpha value is -3.31. The average molecular weight is 477 g/mol. The predicted molar refractivity (Wildman–Crippen MR) is 125 cm³/mol. The number of ether oxygens (including phenoxy) is 1. The smallest absolute Gasteiger partial charge is 0.353 e. The SMILES string of the molecule is COC(Nc1ccc(NS(=O)(=O)c2cccc(NC(=O)NC3CCCCC3)c2)cc1)C(=O)O. The van der Waals surface area contributed by atoms with Crippen LogP contribution in [0.2, 0.25) is 0 Å². The Morgan fingerprint density at radius 1 is 1.00 bits per heavy atom. The van der Waals surface area contributed by atoms with Crippen LogP contribution in [0.15, 0.2) is 53.4 Å². The third kappa shape index (κ3) is 7.09. The van der Waals surface area contributed by atoms with Gasteiger partial charge in [0.25, 0.3) is 10.0 Å². The Morgan fingerprint density at radius 3 is 2.30 bits per heavy atom. The van der Waals surface area contributed by atoms with Gasteiger partial charge in [-0.1, -0.05) is 25.3 Å². The molecule has 1 saturated carbocycles. The molecule has 0 aromatic heterocycles. The minimum absolute atomic E-state index is 0.00880. The zero-order chi connectivity index (χ0) is 23.8. The third-order valence-corrected chi connectivity index (χ3v) is 6.62. The molecule has 1 unspecified atom stereocenters. The van der Waals surface area contributed by atoms with Crippen molar-refractivity contribution >= 4 is 39.1 Å². The number of hydrogen-bond acceptors (Lipinski definition) is 6. The van der Waals surface area contributed by atoms with Gasteiger partial charge in [0, 0.05) is 30.2 Å². The lowest BCUT2D eigenvalue weighted by Gasteiger charge is -2.22. The Balaban J connectivity index is 1.62. The van der Waals surface area contributed by atoms with Gasteiger partial charge in [0.2, 0.25) is 6.23 Å². The van der Waals surface area contributed by atoms with E-state index in [1.165, 1.54) is 49.9 Å². The molecule has 3 rings (SSSR count). The minimum atomic E-state index is -3.91. The molecule has 10 nitrogen and oxygen atoms in total. The Bertz CT molecular complexity index is 1070. The van der Waals surface area contributed by atoms with Crippen molar-refractivity contribution in [1.29, 1.82) is 0 Å². The number of carbonyl (C=O) groups is 2. The van der Waals surface area contributed by atoms with Gasteiger partial charge in [-0.05, 0) is 55.3 Å². The molecule has 0 aliphatic heterocycles. The second-order valence-electron chi connectivity index (χ2n) is 7.74. The van der Waals surface area contributed by atoms with Gasteiger partial charge in [0.15, 0.2) is 0 Å². The van der Waals surface area contributed by atoms with Crippen LogP contribution in [0.5, 0.6) is 0 Å². The highest BCUT2D eigenvalue weighted by molar-refractivity contribution is 7.92. The maximum absolute atomic E-state index is 12.8. The topological polar surface area (TPSA) is 146 Å². The fourth-order valence-corrected chi connectivity index (χ4v) is 4.67. The van der Waals surface area contributed by atoms with Gasteiger partial charge < -0.3 is 25.8 Å². The molecule has 11 heteroatoms. The quantitative estimate of drug-likeness (QED) is 0.349. The van der Waals surface area contributed by atoms with Gasteiger partial charge in [-0.3, -0.25) is 4.72 Å². The second-order valence-corrected chi connectivity index (χ2v) is 9.42. The fraction of sp³-hybridized carbons (Fsp3) is 0.364. The van der Waals surface area contributed by atoms with Gasteiger partial charge in [0.05, 0.1) is 4.90 Å². The van der Waals surface area contributed by atoms with Crippen molar-refractivity contribution in [2.75, 3.05) is 22.5 Å². The number of nitrogens with one attached hydrogen (secondary N) is 4. The summed E-state index contributed by atoms with van der Waals surface area (Å²) in [4.78, 5) is 23.3. The number of benzene rings is 2. The van der Waals surface area contributed by atoms with Crippen molar-refractivity contribution in [3.63, 3.8) is 0 Å². The molecule has 2 amide bonds. The van der Waals surface area contributed by atoms with Crippen LogP contribution in [-0.2, 0) is 19.6 Å². The molecule has 178 valence electrons. The molecule has 0 saturated heterocycles. The summed E-state index contributed by atoms with van der Waals surface area (Å²) in [5.74, 6) is -1.18. The van der Waals surface area contributed by atoms with E-state index in [9.17, 15) is 18.0 Å². The van der Waals surface area contributed by atoms with Crippen LogP contribution < -0.4 is 20.7 Å². The number of carbonyl (C=O) groups excluding carboxylic acids is 1. The maximum Gasteiger partial charge on any atom is 0.353 e. The zero-order valence-electron chi connectivity index (χ0n) is 18.2. The van der Waals surface area contributed by atoms with E-state index in [2.05, 4.69) is 20.7 Å². The fourth-order valence-electron chi connectivity index (χ4n) is 3.56. The number of rotatable bonds is 9. The standard InChI is InChI=1S/C22H28N4O6S/c1-32-20(21(27)28)23-16-10-12-17(13-11-16)26-33(30,31)19-9-5-8-18(14-19)25-22(29)24-15-6-3-2-4-7-15/h5,8-15,20,23,26H,2-4,6-7H2,1H3,(H,27,28)(H2,24,25,29). The van der Waals surface area contributed by atoms with E-state index in [1.54, 1.807) is 12.1 Å². The van der Waals surface area contributed by atoms with Gasteiger partial charge >= 0.3 is 12.0 Å². The highest BCUT2D eigenvalue weighted by Gasteiger charge is 2.19. The van der Waals surface area contributed by atoms with Crippen molar-refractivity contribution in [2.45, 2.75) is 49.3 Å². The molecule has 0 spiro atoms. The normalized spacial score (nSPS) is 15.3. The second kappa shape index (κ2) is 11.0. The lowest BCUT2D eigenvalue weighted by Crippen LogP contribution is -2.39. The van der Waals surface area contributed by atoms with Crippen molar-refractivity contribution < 1.29 is 27.9 Å². The Morgan fingerprint density at radius 2 is 1.67 bits per heavy atom. The maximum atomic E-state index is 12.8. The number of anilines is 3. The van der Waals surface area contributed by atoms with Crippen LogP contribution in [0.25, 0.3) is 0 Å². The third-order valence-electron chi connectivity index (χ3n) is 5.24.